The number of ether oxygens (including phenoxy) is 1. The molecule has 2 N–H and O–H groups in total. The summed E-state index contributed by atoms with van der Waals surface area (Å²) in [4.78, 5) is 26.9. The number of hydrogen-bond donors (Lipinski definition) is 2. The number of esters is 1. The van der Waals surface area contributed by atoms with Gasteiger partial charge in [0.2, 0.25) is 5.91 Å². The number of hydrogen-bond acceptors (Lipinski definition) is 4. The zero-order valence-electron chi connectivity index (χ0n) is 11.1. The summed E-state index contributed by atoms with van der Waals surface area (Å²) in [5.41, 5.74) is 1.63. The van der Waals surface area contributed by atoms with E-state index in [4.69, 9.17) is 4.74 Å². The minimum Gasteiger partial charge on any atom is -0.462 e. The van der Waals surface area contributed by atoms with Crippen molar-refractivity contribution in [3.05, 3.63) is 17.5 Å². The van der Waals surface area contributed by atoms with Crippen molar-refractivity contribution in [3.8, 4) is 0 Å². The second kappa shape index (κ2) is 6.14. The average Bonchev–Trinajstić information content (AvgIpc) is 2.99. The molecule has 0 radical (unpaired) electrons. The molecule has 1 aliphatic heterocycles. The third kappa shape index (κ3) is 3.12. The van der Waals surface area contributed by atoms with Crippen molar-refractivity contribution < 1.29 is 14.3 Å². The molecule has 1 atom stereocenters. The summed E-state index contributed by atoms with van der Waals surface area (Å²) in [6.07, 6.45) is 2.54. The molecule has 2 rings (SSSR count). The first-order valence-electron chi connectivity index (χ1n) is 6.37. The van der Waals surface area contributed by atoms with Gasteiger partial charge in [-0.3, -0.25) is 4.79 Å². The molecule has 0 spiro atoms. The highest BCUT2D eigenvalue weighted by atomic mass is 32.2. The summed E-state index contributed by atoms with van der Waals surface area (Å²) in [7, 11) is 0. The summed E-state index contributed by atoms with van der Waals surface area (Å²) in [5.74, 6) is 1.49. The topological polar surface area (TPSA) is 71.2 Å². The van der Waals surface area contributed by atoms with Gasteiger partial charge in [0.05, 0.1) is 12.3 Å². The minimum atomic E-state index is -0.405. The molecule has 1 unspecified atom stereocenters. The molecule has 6 heteroatoms. The maximum Gasteiger partial charge on any atom is 0.342 e. The lowest BCUT2D eigenvalue weighted by Crippen LogP contribution is -2.23. The number of rotatable bonds is 4. The van der Waals surface area contributed by atoms with Crippen molar-refractivity contribution >= 4 is 29.3 Å². The average molecular weight is 282 g/mol. The van der Waals surface area contributed by atoms with E-state index >= 15 is 0 Å². The van der Waals surface area contributed by atoms with E-state index in [9.17, 15) is 9.59 Å². The summed E-state index contributed by atoms with van der Waals surface area (Å²) < 4.78 is 5.00. The fourth-order valence-corrected chi connectivity index (χ4v) is 3.29. The monoisotopic (exact) mass is 282 g/mol. The molecule has 0 bridgehead atoms. The Bertz CT molecular complexity index is 478. The summed E-state index contributed by atoms with van der Waals surface area (Å²) >= 11 is 1.78. The van der Waals surface area contributed by atoms with E-state index in [0.717, 1.165) is 17.9 Å². The molecule has 0 saturated carbocycles. The lowest BCUT2D eigenvalue weighted by Gasteiger charge is -2.10. The molecule has 1 aliphatic rings. The van der Waals surface area contributed by atoms with Crippen molar-refractivity contribution in [2.75, 3.05) is 23.4 Å². The van der Waals surface area contributed by atoms with Crippen molar-refractivity contribution in [1.29, 1.82) is 0 Å². The first-order chi connectivity index (χ1) is 9.13. The highest BCUT2D eigenvalue weighted by Crippen LogP contribution is 2.26. The number of aryl methyl sites for hydroxylation is 1. The number of H-pyrrole nitrogens is 1. The smallest absolute Gasteiger partial charge is 0.342 e. The highest BCUT2D eigenvalue weighted by molar-refractivity contribution is 7.99. The van der Waals surface area contributed by atoms with Gasteiger partial charge < -0.3 is 15.0 Å². The van der Waals surface area contributed by atoms with E-state index in [2.05, 4.69) is 10.3 Å². The van der Waals surface area contributed by atoms with Gasteiger partial charge >= 0.3 is 5.97 Å². The molecular formula is C13H18N2O3S. The molecule has 1 fully saturated rings. The SMILES string of the molecule is CCOC(=O)c1c(NC(=O)C2CCSC2)c[nH]c1C. The van der Waals surface area contributed by atoms with E-state index < -0.39 is 5.97 Å². The molecule has 1 aromatic rings. The summed E-state index contributed by atoms with van der Waals surface area (Å²) in [5, 5.41) is 2.83. The van der Waals surface area contributed by atoms with Gasteiger partial charge in [-0.15, -0.1) is 0 Å². The van der Waals surface area contributed by atoms with Crippen LogP contribution in [0.25, 0.3) is 0 Å². The molecule has 1 amide bonds. The Morgan fingerprint density at radius 1 is 1.58 bits per heavy atom. The van der Waals surface area contributed by atoms with Crippen LogP contribution in [0.4, 0.5) is 5.69 Å². The predicted octanol–water partition coefficient (Wildman–Crippen LogP) is 2.19. The van der Waals surface area contributed by atoms with Crippen LogP contribution in [-0.2, 0) is 9.53 Å². The normalized spacial score (nSPS) is 18.3. The maximum absolute atomic E-state index is 12.1. The van der Waals surface area contributed by atoms with E-state index in [0.29, 0.717) is 23.6 Å². The number of carbonyl (C=O) groups excluding carboxylic acids is 2. The zero-order valence-corrected chi connectivity index (χ0v) is 11.9. The van der Waals surface area contributed by atoms with Gasteiger partial charge in [-0.05, 0) is 26.0 Å². The van der Waals surface area contributed by atoms with E-state index in [1.165, 1.54) is 0 Å². The van der Waals surface area contributed by atoms with Gasteiger partial charge in [-0.2, -0.15) is 11.8 Å². The lowest BCUT2D eigenvalue weighted by molar-refractivity contribution is -0.119. The van der Waals surface area contributed by atoms with E-state index in [1.807, 2.05) is 0 Å². The molecular weight excluding hydrogens is 264 g/mol. The number of thioether (sulfide) groups is 1. The van der Waals surface area contributed by atoms with Crippen LogP contribution in [0.15, 0.2) is 6.20 Å². The minimum absolute atomic E-state index is 0.0189. The first kappa shape index (κ1) is 14.0. The third-order valence-electron chi connectivity index (χ3n) is 3.12. The van der Waals surface area contributed by atoms with Crippen molar-refractivity contribution in [2.24, 2.45) is 5.92 Å². The zero-order chi connectivity index (χ0) is 13.8. The van der Waals surface area contributed by atoms with Crippen molar-refractivity contribution in [2.45, 2.75) is 20.3 Å². The Balaban J connectivity index is 2.11. The van der Waals surface area contributed by atoms with Crippen LogP contribution in [0, 0.1) is 12.8 Å². The van der Waals surface area contributed by atoms with E-state index in [1.54, 1.807) is 31.8 Å². The van der Waals surface area contributed by atoms with Crippen LogP contribution in [-0.4, -0.2) is 35.0 Å². The number of nitrogens with one attached hydrogen (secondary N) is 2. The number of anilines is 1. The number of aromatic nitrogens is 1. The molecule has 0 aromatic carbocycles. The van der Waals surface area contributed by atoms with Crippen LogP contribution in [0.2, 0.25) is 0 Å². The maximum atomic E-state index is 12.1. The molecule has 1 aromatic heterocycles. The molecule has 1 saturated heterocycles. The van der Waals surface area contributed by atoms with E-state index in [-0.39, 0.29) is 11.8 Å². The Labute approximate surface area is 116 Å². The summed E-state index contributed by atoms with van der Waals surface area (Å²) in [6, 6.07) is 0. The number of amides is 1. The molecule has 0 aliphatic carbocycles. The largest absolute Gasteiger partial charge is 0.462 e. The quantitative estimate of drug-likeness (QED) is 0.830. The Morgan fingerprint density at radius 3 is 3.00 bits per heavy atom. The predicted molar refractivity (Wildman–Crippen MR) is 75.5 cm³/mol. The van der Waals surface area contributed by atoms with Crippen molar-refractivity contribution in [3.63, 3.8) is 0 Å². The van der Waals surface area contributed by atoms with Gasteiger partial charge in [-0.25, -0.2) is 4.79 Å². The standard InChI is InChI=1S/C13H18N2O3S/c1-3-18-13(17)11-8(2)14-6-10(11)15-12(16)9-4-5-19-7-9/h6,9,14H,3-5,7H2,1-2H3,(H,15,16). The van der Waals surface area contributed by atoms with Gasteiger partial charge in [0, 0.05) is 23.6 Å². The van der Waals surface area contributed by atoms with Crippen LogP contribution < -0.4 is 5.32 Å². The highest BCUT2D eigenvalue weighted by Gasteiger charge is 2.25. The second-order valence-corrected chi connectivity index (χ2v) is 5.62. The summed E-state index contributed by atoms with van der Waals surface area (Å²) in [6.45, 7) is 3.86. The fourth-order valence-electron chi connectivity index (χ4n) is 2.07. The second-order valence-electron chi connectivity index (χ2n) is 4.47. The van der Waals surface area contributed by atoms with Gasteiger partial charge in [0.25, 0.3) is 0 Å². The van der Waals surface area contributed by atoms with Crippen molar-refractivity contribution in [1.82, 2.24) is 4.98 Å². The lowest BCUT2D eigenvalue weighted by atomic mass is 10.1. The van der Waals surface area contributed by atoms with Crippen LogP contribution in [0.3, 0.4) is 0 Å². The van der Waals surface area contributed by atoms with Gasteiger partial charge in [0.1, 0.15) is 5.56 Å². The first-order valence-corrected chi connectivity index (χ1v) is 7.52. The Morgan fingerprint density at radius 2 is 2.37 bits per heavy atom. The molecule has 104 valence electrons. The molecule has 2 heterocycles. The molecule has 5 nitrogen and oxygen atoms in total. The Kier molecular flexibility index (Phi) is 4.52. The van der Waals surface area contributed by atoms with Crippen LogP contribution in [0.5, 0.6) is 0 Å². The van der Waals surface area contributed by atoms with Crippen LogP contribution >= 0.6 is 11.8 Å². The third-order valence-corrected chi connectivity index (χ3v) is 4.28. The van der Waals surface area contributed by atoms with Gasteiger partial charge in [-0.1, -0.05) is 0 Å². The fraction of sp³-hybridized carbons (Fsp3) is 0.538. The number of aromatic amines is 1. The number of carbonyl (C=O) groups is 2. The van der Waals surface area contributed by atoms with Crippen LogP contribution in [0.1, 0.15) is 29.4 Å². The Hall–Kier alpha value is -1.43. The van der Waals surface area contributed by atoms with Gasteiger partial charge in [0.15, 0.2) is 0 Å². The molecule has 19 heavy (non-hydrogen) atoms.